The van der Waals surface area contributed by atoms with E-state index in [0.29, 0.717) is 35.6 Å². The van der Waals surface area contributed by atoms with Gasteiger partial charge in [-0.05, 0) is 57.0 Å². The van der Waals surface area contributed by atoms with E-state index in [1.165, 1.54) is 25.8 Å². The number of likely N-dealkylation sites (tertiary alicyclic amines) is 1. The Kier molecular flexibility index (Phi) is 7.16. The summed E-state index contributed by atoms with van der Waals surface area (Å²) in [7, 11) is 0. The van der Waals surface area contributed by atoms with E-state index in [1.54, 1.807) is 6.92 Å². The molecule has 1 unspecified atom stereocenters. The van der Waals surface area contributed by atoms with Crippen LogP contribution in [0.25, 0.3) is 17.3 Å². The smallest absolute Gasteiger partial charge is 0.268 e. The van der Waals surface area contributed by atoms with Crippen LogP contribution in [-0.4, -0.2) is 56.5 Å². The molecule has 3 aromatic rings. The largest absolute Gasteiger partial charge is 0.420 e. The average molecular weight is 465 g/mol. The van der Waals surface area contributed by atoms with E-state index in [1.807, 2.05) is 35.0 Å². The lowest BCUT2D eigenvalue weighted by molar-refractivity contribution is 0.0949. The van der Waals surface area contributed by atoms with Crippen molar-refractivity contribution in [3.05, 3.63) is 47.5 Å². The molecule has 0 aliphatic carbocycles. The summed E-state index contributed by atoms with van der Waals surface area (Å²) < 4.78 is 7.45. The third-order valence-corrected chi connectivity index (χ3v) is 6.42. The van der Waals surface area contributed by atoms with E-state index < -0.39 is 0 Å². The first-order valence-electron chi connectivity index (χ1n) is 12.3. The monoisotopic (exact) mass is 464 g/mol. The number of amides is 1. The highest BCUT2D eigenvalue weighted by atomic mass is 16.4. The summed E-state index contributed by atoms with van der Waals surface area (Å²) in [4.78, 5) is 15.4. The van der Waals surface area contributed by atoms with Crippen LogP contribution >= 0.6 is 0 Å². The number of carbonyl (C=O) groups is 1. The highest BCUT2D eigenvalue weighted by molar-refractivity contribution is 5.94. The van der Waals surface area contributed by atoms with Gasteiger partial charge >= 0.3 is 0 Å². The molecule has 1 aliphatic heterocycles. The van der Waals surface area contributed by atoms with E-state index in [-0.39, 0.29) is 11.3 Å². The first-order valence-corrected chi connectivity index (χ1v) is 12.3. The number of benzene rings is 1. The van der Waals surface area contributed by atoms with Crippen LogP contribution in [-0.2, 0) is 5.41 Å². The summed E-state index contributed by atoms with van der Waals surface area (Å²) in [6.45, 7) is 13.3. The van der Waals surface area contributed by atoms with Crippen LogP contribution in [0.4, 0.5) is 0 Å². The van der Waals surface area contributed by atoms with Crippen molar-refractivity contribution in [1.29, 1.82) is 0 Å². The Morgan fingerprint density at radius 1 is 1.21 bits per heavy atom. The van der Waals surface area contributed by atoms with Crippen molar-refractivity contribution in [1.82, 2.24) is 30.2 Å². The summed E-state index contributed by atoms with van der Waals surface area (Å²) in [5, 5.41) is 15.9. The molecular formula is C26H36N6O2. The summed E-state index contributed by atoms with van der Waals surface area (Å²) >= 11 is 0. The Hall–Kier alpha value is -3.00. The molecule has 1 amide bonds. The topological polar surface area (TPSA) is 89.1 Å². The number of nitrogens with zero attached hydrogens (tertiary/aromatic N) is 5. The normalized spacial score (nSPS) is 17.1. The van der Waals surface area contributed by atoms with Gasteiger partial charge < -0.3 is 14.6 Å². The molecule has 3 heterocycles. The highest BCUT2D eigenvalue weighted by Crippen LogP contribution is 2.29. The molecule has 8 heteroatoms. The molecule has 1 atom stereocenters. The fourth-order valence-corrected chi connectivity index (χ4v) is 4.47. The van der Waals surface area contributed by atoms with Gasteiger partial charge in [-0.25, -0.2) is 4.68 Å². The Morgan fingerprint density at radius 2 is 2.03 bits per heavy atom. The molecule has 8 nitrogen and oxygen atoms in total. The molecule has 1 fully saturated rings. The fraction of sp³-hybridized carbons (Fsp3) is 0.538. The van der Waals surface area contributed by atoms with Gasteiger partial charge in [-0.15, -0.1) is 10.2 Å². The quantitative estimate of drug-likeness (QED) is 0.517. The molecule has 1 saturated heterocycles. The Balaban J connectivity index is 1.47. The maximum atomic E-state index is 12.9. The standard InChI is InChI=1S/C26H36N6O2/c1-18-10-6-7-14-31(18)15-9-13-27-24(33)20-11-8-12-21(16-20)32-23(26(3,4)5)17-22(30-32)25-29-28-19(2)34-25/h8,11-12,16-18H,6-7,9-10,13-15H2,1-5H3,(H,27,33). The molecule has 34 heavy (non-hydrogen) atoms. The van der Waals surface area contributed by atoms with Crippen molar-refractivity contribution in [3.63, 3.8) is 0 Å². The number of rotatable bonds is 7. The summed E-state index contributed by atoms with van der Waals surface area (Å²) in [5.41, 5.74) is 2.87. The van der Waals surface area contributed by atoms with Gasteiger partial charge in [0.2, 0.25) is 5.89 Å². The second-order valence-electron chi connectivity index (χ2n) is 10.2. The number of aryl methyl sites for hydroxylation is 1. The zero-order valence-electron chi connectivity index (χ0n) is 21.0. The van der Waals surface area contributed by atoms with Crippen LogP contribution in [0.15, 0.2) is 34.7 Å². The van der Waals surface area contributed by atoms with Gasteiger partial charge in [0.1, 0.15) is 5.69 Å². The Morgan fingerprint density at radius 3 is 2.74 bits per heavy atom. The molecule has 0 bridgehead atoms. The lowest BCUT2D eigenvalue weighted by Crippen LogP contribution is -2.39. The Labute approximate surface area is 201 Å². The first-order chi connectivity index (χ1) is 16.2. The zero-order chi connectivity index (χ0) is 24.3. The fourth-order valence-electron chi connectivity index (χ4n) is 4.47. The number of carbonyl (C=O) groups excluding carboxylic acids is 1. The SMILES string of the molecule is Cc1nnc(-c2cc(C(C)(C)C)n(-c3cccc(C(=O)NCCCN4CCCCC4C)c3)n2)o1. The minimum atomic E-state index is -0.176. The lowest BCUT2D eigenvalue weighted by Gasteiger charge is -2.33. The van der Waals surface area contributed by atoms with Crippen LogP contribution in [0.1, 0.15) is 75.3 Å². The van der Waals surface area contributed by atoms with E-state index in [9.17, 15) is 4.79 Å². The minimum Gasteiger partial charge on any atom is -0.420 e. The highest BCUT2D eigenvalue weighted by Gasteiger charge is 2.24. The second-order valence-corrected chi connectivity index (χ2v) is 10.2. The van der Waals surface area contributed by atoms with E-state index in [4.69, 9.17) is 9.52 Å². The lowest BCUT2D eigenvalue weighted by atomic mass is 9.91. The van der Waals surface area contributed by atoms with Crippen molar-refractivity contribution in [2.45, 2.75) is 71.8 Å². The predicted octanol–water partition coefficient (Wildman–Crippen LogP) is 4.52. The maximum absolute atomic E-state index is 12.9. The van der Waals surface area contributed by atoms with Gasteiger partial charge in [0, 0.05) is 37.0 Å². The van der Waals surface area contributed by atoms with Crippen LogP contribution in [0.3, 0.4) is 0 Å². The molecular weight excluding hydrogens is 428 g/mol. The van der Waals surface area contributed by atoms with E-state index >= 15 is 0 Å². The molecule has 0 spiro atoms. The van der Waals surface area contributed by atoms with Crippen LogP contribution in [0.5, 0.6) is 0 Å². The van der Waals surface area contributed by atoms with Crippen molar-refractivity contribution in [2.24, 2.45) is 0 Å². The van der Waals surface area contributed by atoms with Crippen molar-refractivity contribution < 1.29 is 9.21 Å². The Bertz CT molecular complexity index is 1130. The van der Waals surface area contributed by atoms with Gasteiger partial charge in [0.25, 0.3) is 11.8 Å². The molecule has 4 rings (SSSR count). The number of nitrogens with one attached hydrogen (secondary N) is 1. The number of aromatic nitrogens is 4. The zero-order valence-corrected chi connectivity index (χ0v) is 21.0. The maximum Gasteiger partial charge on any atom is 0.268 e. The third-order valence-electron chi connectivity index (χ3n) is 6.42. The molecule has 2 aromatic heterocycles. The van der Waals surface area contributed by atoms with Crippen molar-refractivity contribution in [2.75, 3.05) is 19.6 Å². The average Bonchev–Trinajstić information content (AvgIpc) is 3.44. The van der Waals surface area contributed by atoms with E-state index in [2.05, 4.69) is 48.1 Å². The molecule has 1 aliphatic rings. The van der Waals surface area contributed by atoms with Crippen molar-refractivity contribution >= 4 is 5.91 Å². The van der Waals surface area contributed by atoms with Gasteiger partial charge in [0.15, 0.2) is 0 Å². The van der Waals surface area contributed by atoms with Gasteiger partial charge in [-0.1, -0.05) is 33.3 Å². The van der Waals surface area contributed by atoms with Gasteiger partial charge in [0.05, 0.1) is 11.4 Å². The number of hydrogen-bond acceptors (Lipinski definition) is 6. The minimum absolute atomic E-state index is 0.0641. The number of hydrogen-bond donors (Lipinski definition) is 1. The molecule has 0 saturated carbocycles. The summed E-state index contributed by atoms with van der Waals surface area (Å²) in [5.74, 6) is 0.819. The molecule has 1 aromatic carbocycles. The second kappa shape index (κ2) is 10.1. The number of piperidine rings is 1. The van der Waals surface area contributed by atoms with Crippen LogP contribution in [0, 0.1) is 6.92 Å². The summed E-state index contributed by atoms with van der Waals surface area (Å²) in [6.07, 6.45) is 4.84. The van der Waals surface area contributed by atoms with Crippen LogP contribution < -0.4 is 5.32 Å². The first kappa shape index (κ1) is 24.1. The third kappa shape index (κ3) is 5.55. The molecule has 182 valence electrons. The van der Waals surface area contributed by atoms with E-state index in [0.717, 1.165) is 24.3 Å². The predicted molar refractivity (Wildman–Crippen MR) is 132 cm³/mol. The van der Waals surface area contributed by atoms with Crippen LogP contribution in [0.2, 0.25) is 0 Å². The molecule has 0 radical (unpaired) electrons. The molecule has 1 N–H and O–H groups in total. The van der Waals surface area contributed by atoms with Gasteiger partial charge in [-0.2, -0.15) is 5.10 Å². The summed E-state index contributed by atoms with van der Waals surface area (Å²) in [6, 6.07) is 10.2. The van der Waals surface area contributed by atoms with Gasteiger partial charge in [-0.3, -0.25) is 4.79 Å². The van der Waals surface area contributed by atoms with Crippen molar-refractivity contribution in [3.8, 4) is 17.3 Å².